The third-order valence-electron chi connectivity index (χ3n) is 6.99. The monoisotopic (exact) mass is 458 g/mol. The number of alkyl carbamates (subject to hydrolysis) is 1. The van der Waals surface area contributed by atoms with Gasteiger partial charge in [0.15, 0.2) is 0 Å². The van der Waals surface area contributed by atoms with Crippen LogP contribution in [0, 0.1) is 0 Å². The zero-order valence-corrected chi connectivity index (χ0v) is 18.6. The van der Waals surface area contributed by atoms with Crippen LogP contribution >= 0.6 is 0 Å². The number of aliphatic carboxylic acids is 1. The number of fused-ring (bicyclic) bond motifs is 4. The molecule has 0 unspecified atom stereocenters. The van der Waals surface area contributed by atoms with Gasteiger partial charge in [-0.3, -0.25) is 4.79 Å². The lowest BCUT2D eigenvalue weighted by molar-refractivity contribution is -0.150. The molecule has 2 amide bonds. The number of benzene rings is 2. The maximum absolute atomic E-state index is 13.3. The quantitative estimate of drug-likeness (QED) is 0.726. The standard InChI is InChI=1S/C27H26N2O5/c1-16-7-6-12-22(25(30)29-23(16)13-14-24(29)26(31)32)28-27(33)34-15-21-19-10-4-2-8-17(19)18-9-3-5-11-20(18)21/h2-11,21-24H,1,12-15H2,(H,28,33)(H,31,32)/b7-6-/t22-,23+,24-/m0/s1. The fraction of sp³-hybridized carbons (Fsp3) is 0.296. The van der Waals surface area contributed by atoms with E-state index in [1.165, 1.54) is 4.90 Å². The summed E-state index contributed by atoms with van der Waals surface area (Å²) in [6.45, 7) is 4.13. The number of carboxylic acids is 1. The molecule has 2 aromatic carbocycles. The maximum Gasteiger partial charge on any atom is 0.407 e. The van der Waals surface area contributed by atoms with Gasteiger partial charge in [-0.15, -0.1) is 0 Å². The predicted octanol–water partition coefficient (Wildman–Crippen LogP) is 3.85. The average molecular weight is 459 g/mol. The Morgan fingerprint density at radius 1 is 1.06 bits per heavy atom. The van der Waals surface area contributed by atoms with E-state index in [9.17, 15) is 19.5 Å². The number of hydrogen-bond acceptors (Lipinski definition) is 4. The first-order chi connectivity index (χ1) is 16.5. The molecule has 2 N–H and O–H groups in total. The minimum atomic E-state index is -1.05. The van der Waals surface area contributed by atoms with Crippen LogP contribution in [0.5, 0.6) is 0 Å². The van der Waals surface area contributed by atoms with Gasteiger partial charge in [0, 0.05) is 5.92 Å². The number of ether oxygens (including phenoxy) is 1. The molecule has 2 aliphatic heterocycles. The van der Waals surface area contributed by atoms with Gasteiger partial charge in [0.05, 0.1) is 6.04 Å². The Kier molecular flexibility index (Phi) is 5.69. The van der Waals surface area contributed by atoms with Crippen LogP contribution in [-0.2, 0) is 14.3 Å². The average Bonchev–Trinajstić information content (AvgIpc) is 3.41. The Hall–Kier alpha value is -3.87. The van der Waals surface area contributed by atoms with Crippen molar-refractivity contribution in [3.05, 3.63) is 84.0 Å². The molecule has 0 spiro atoms. The van der Waals surface area contributed by atoms with Crippen molar-refractivity contribution in [2.24, 2.45) is 0 Å². The van der Waals surface area contributed by atoms with Crippen molar-refractivity contribution < 1.29 is 24.2 Å². The Morgan fingerprint density at radius 2 is 1.71 bits per heavy atom. The van der Waals surface area contributed by atoms with Crippen LogP contribution < -0.4 is 5.32 Å². The summed E-state index contributed by atoms with van der Waals surface area (Å²) in [5, 5.41) is 12.3. The van der Waals surface area contributed by atoms with E-state index in [0.29, 0.717) is 18.4 Å². The molecule has 7 heteroatoms. The van der Waals surface area contributed by atoms with Gasteiger partial charge in [0.25, 0.3) is 0 Å². The van der Waals surface area contributed by atoms with Crippen LogP contribution in [0.25, 0.3) is 11.1 Å². The van der Waals surface area contributed by atoms with Crippen LogP contribution in [0.4, 0.5) is 4.79 Å². The minimum Gasteiger partial charge on any atom is -0.480 e. The summed E-state index contributed by atoms with van der Waals surface area (Å²) in [5.74, 6) is -1.56. The second-order valence-corrected chi connectivity index (χ2v) is 8.93. The number of carboxylic acid groups (broad SMARTS) is 1. The number of nitrogens with zero attached hydrogens (tertiary/aromatic N) is 1. The molecule has 0 bridgehead atoms. The molecule has 34 heavy (non-hydrogen) atoms. The van der Waals surface area contributed by atoms with Gasteiger partial charge in [0.2, 0.25) is 5.91 Å². The molecule has 1 aliphatic carbocycles. The highest BCUT2D eigenvalue weighted by Crippen LogP contribution is 2.44. The number of hydrogen-bond donors (Lipinski definition) is 2. The molecule has 0 radical (unpaired) electrons. The van der Waals surface area contributed by atoms with Crippen molar-refractivity contribution in [3.8, 4) is 11.1 Å². The number of carbonyl (C=O) groups excluding carboxylic acids is 2. The molecule has 0 saturated carbocycles. The maximum atomic E-state index is 13.3. The molecule has 2 aromatic rings. The molecule has 7 nitrogen and oxygen atoms in total. The normalized spacial score (nSPS) is 24.5. The van der Waals surface area contributed by atoms with Crippen molar-refractivity contribution in [2.75, 3.05) is 6.61 Å². The Morgan fingerprint density at radius 3 is 2.35 bits per heavy atom. The first-order valence-electron chi connectivity index (χ1n) is 11.5. The van der Waals surface area contributed by atoms with Crippen molar-refractivity contribution in [1.82, 2.24) is 10.2 Å². The van der Waals surface area contributed by atoms with E-state index in [1.54, 1.807) is 12.2 Å². The molecule has 174 valence electrons. The zero-order valence-electron chi connectivity index (χ0n) is 18.6. The molecule has 1 fully saturated rings. The highest BCUT2D eigenvalue weighted by Gasteiger charge is 2.44. The minimum absolute atomic E-state index is 0.0891. The van der Waals surface area contributed by atoms with Crippen molar-refractivity contribution in [3.63, 3.8) is 0 Å². The van der Waals surface area contributed by atoms with E-state index in [1.807, 2.05) is 36.4 Å². The van der Waals surface area contributed by atoms with Gasteiger partial charge in [-0.05, 0) is 47.1 Å². The second kappa shape index (κ2) is 8.82. The second-order valence-electron chi connectivity index (χ2n) is 8.93. The highest BCUT2D eigenvalue weighted by atomic mass is 16.5. The summed E-state index contributed by atoms with van der Waals surface area (Å²) >= 11 is 0. The summed E-state index contributed by atoms with van der Waals surface area (Å²) in [6.07, 6.45) is 4.02. The number of carbonyl (C=O) groups is 3. The van der Waals surface area contributed by atoms with E-state index < -0.39 is 30.1 Å². The van der Waals surface area contributed by atoms with E-state index in [4.69, 9.17) is 4.74 Å². The summed E-state index contributed by atoms with van der Waals surface area (Å²) in [5.41, 5.74) is 5.17. The first-order valence-corrected chi connectivity index (χ1v) is 11.5. The first kappa shape index (κ1) is 21.9. The van der Waals surface area contributed by atoms with Crippen molar-refractivity contribution in [2.45, 2.75) is 43.3 Å². The van der Waals surface area contributed by atoms with E-state index in [2.05, 4.69) is 24.0 Å². The number of nitrogens with one attached hydrogen (secondary N) is 1. The Bertz CT molecular complexity index is 1160. The van der Waals surface area contributed by atoms with Crippen molar-refractivity contribution >= 4 is 18.0 Å². The van der Waals surface area contributed by atoms with Gasteiger partial charge in [-0.25, -0.2) is 9.59 Å². The van der Waals surface area contributed by atoms with Crippen molar-refractivity contribution in [1.29, 1.82) is 0 Å². The van der Waals surface area contributed by atoms with Gasteiger partial charge in [0.1, 0.15) is 18.7 Å². The molecule has 3 aliphatic rings. The molecular formula is C27H26N2O5. The lowest BCUT2D eigenvalue weighted by Gasteiger charge is -2.33. The summed E-state index contributed by atoms with van der Waals surface area (Å²) in [4.78, 5) is 39.1. The Balaban J connectivity index is 1.30. The topological polar surface area (TPSA) is 95.9 Å². The third-order valence-corrected chi connectivity index (χ3v) is 6.99. The molecule has 5 rings (SSSR count). The van der Waals surface area contributed by atoms with Crippen LogP contribution in [0.15, 0.2) is 72.8 Å². The summed E-state index contributed by atoms with van der Waals surface area (Å²) in [6, 6.07) is 13.9. The number of amides is 2. The van der Waals surface area contributed by atoms with Gasteiger partial charge in [-0.2, -0.15) is 0 Å². The molecule has 2 heterocycles. The lowest BCUT2D eigenvalue weighted by atomic mass is 9.98. The van der Waals surface area contributed by atoms with Gasteiger partial charge in [-0.1, -0.05) is 67.3 Å². The highest BCUT2D eigenvalue weighted by molar-refractivity contribution is 5.91. The lowest BCUT2D eigenvalue weighted by Crippen LogP contribution is -2.54. The predicted molar refractivity (Wildman–Crippen MR) is 126 cm³/mol. The van der Waals surface area contributed by atoms with Crippen LogP contribution in [0.2, 0.25) is 0 Å². The molecule has 1 saturated heterocycles. The van der Waals surface area contributed by atoms with E-state index in [0.717, 1.165) is 22.3 Å². The van der Waals surface area contributed by atoms with E-state index >= 15 is 0 Å². The largest absolute Gasteiger partial charge is 0.480 e. The van der Waals surface area contributed by atoms with Crippen LogP contribution in [-0.4, -0.2) is 52.7 Å². The zero-order chi connectivity index (χ0) is 23.8. The Labute approximate surface area is 197 Å². The summed E-state index contributed by atoms with van der Waals surface area (Å²) in [7, 11) is 0. The molecular weight excluding hydrogens is 432 g/mol. The van der Waals surface area contributed by atoms with Crippen LogP contribution in [0.1, 0.15) is 36.3 Å². The molecule has 0 aromatic heterocycles. The smallest absolute Gasteiger partial charge is 0.407 e. The molecule has 3 atom stereocenters. The van der Waals surface area contributed by atoms with Gasteiger partial charge < -0.3 is 20.1 Å². The fourth-order valence-corrected chi connectivity index (χ4v) is 5.38. The van der Waals surface area contributed by atoms with E-state index in [-0.39, 0.29) is 25.0 Å². The third kappa shape index (κ3) is 3.77. The van der Waals surface area contributed by atoms with Gasteiger partial charge >= 0.3 is 12.1 Å². The van der Waals surface area contributed by atoms with Crippen LogP contribution in [0.3, 0.4) is 0 Å². The summed E-state index contributed by atoms with van der Waals surface area (Å²) < 4.78 is 5.59. The number of rotatable bonds is 4. The SMILES string of the molecule is C=C1/C=C\C[C@H](NC(=O)OCC2c3ccccc3-c3ccccc32)C(=O)N2[C@@H]1CC[C@H]2C(=O)O. The fourth-order valence-electron chi connectivity index (χ4n) is 5.38.